The van der Waals surface area contributed by atoms with Crippen LogP contribution in [0.2, 0.25) is 0 Å². The molecule has 4 rings (SSSR count). The van der Waals surface area contributed by atoms with Crippen LogP contribution in [0.15, 0.2) is 35.1 Å². The molecule has 0 aliphatic carbocycles. The average molecular weight is 410 g/mol. The van der Waals surface area contributed by atoms with E-state index in [9.17, 15) is 4.79 Å². The minimum Gasteiger partial charge on any atom is -0.343 e. The lowest BCUT2D eigenvalue weighted by molar-refractivity contribution is 0.495. The van der Waals surface area contributed by atoms with E-state index >= 15 is 0 Å². The molecule has 3 heterocycles. The van der Waals surface area contributed by atoms with Crippen LogP contribution in [0, 0.1) is 0 Å². The van der Waals surface area contributed by atoms with Crippen molar-refractivity contribution in [2.45, 2.75) is 39.3 Å². The van der Waals surface area contributed by atoms with Crippen molar-refractivity contribution in [3.8, 4) is 0 Å². The van der Waals surface area contributed by atoms with Crippen LogP contribution in [0.4, 0.5) is 11.9 Å². The number of hydrogen-bond donors (Lipinski definition) is 1. The highest BCUT2D eigenvalue weighted by Crippen LogP contribution is 2.25. The van der Waals surface area contributed by atoms with Crippen LogP contribution in [0.25, 0.3) is 11.2 Å². The van der Waals surface area contributed by atoms with Crippen LogP contribution in [-0.2, 0) is 13.6 Å². The molecular weight excluding hydrogens is 378 g/mol. The third kappa shape index (κ3) is 3.67. The second-order valence-corrected chi connectivity index (χ2v) is 7.95. The molecule has 0 spiro atoms. The van der Waals surface area contributed by atoms with Crippen LogP contribution in [-0.4, -0.2) is 51.3 Å². The smallest absolute Gasteiger partial charge is 0.281 e. The number of imidazole rings is 1. The largest absolute Gasteiger partial charge is 0.343 e. The lowest BCUT2D eigenvalue weighted by Gasteiger charge is -2.31. The zero-order valence-electron chi connectivity index (χ0n) is 18.1. The fourth-order valence-electron chi connectivity index (χ4n) is 4.28. The number of nitrogens with two attached hydrogens (primary N) is 1. The van der Waals surface area contributed by atoms with Crippen molar-refractivity contribution in [1.82, 2.24) is 19.1 Å². The molecule has 0 radical (unpaired) electrons. The molecular formula is C22H31N7O. The van der Waals surface area contributed by atoms with Crippen molar-refractivity contribution in [1.29, 1.82) is 0 Å². The van der Waals surface area contributed by atoms with Gasteiger partial charge < -0.3 is 15.5 Å². The van der Waals surface area contributed by atoms with E-state index in [0.29, 0.717) is 23.7 Å². The van der Waals surface area contributed by atoms with Crippen molar-refractivity contribution in [3.63, 3.8) is 0 Å². The summed E-state index contributed by atoms with van der Waals surface area (Å²) in [5.74, 6) is 1.44. The molecule has 160 valence electrons. The third-order valence-electron chi connectivity index (χ3n) is 5.91. The Hall–Kier alpha value is -2.87. The quantitative estimate of drug-likeness (QED) is 0.670. The average Bonchev–Trinajstić information content (AvgIpc) is 3.11. The van der Waals surface area contributed by atoms with Gasteiger partial charge in [0.05, 0.1) is 6.54 Å². The molecule has 1 aliphatic rings. The Morgan fingerprint density at radius 1 is 1.17 bits per heavy atom. The summed E-state index contributed by atoms with van der Waals surface area (Å²) in [5.41, 5.74) is 8.35. The van der Waals surface area contributed by atoms with E-state index in [0.717, 1.165) is 50.5 Å². The van der Waals surface area contributed by atoms with Gasteiger partial charge in [0.25, 0.3) is 5.56 Å². The molecule has 8 nitrogen and oxygen atoms in total. The van der Waals surface area contributed by atoms with Gasteiger partial charge in [-0.25, -0.2) is 0 Å². The second kappa shape index (κ2) is 8.47. The lowest BCUT2D eigenvalue weighted by Crippen LogP contribution is -2.44. The fourth-order valence-corrected chi connectivity index (χ4v) is 4.28. The van der Waals surface area contributed by atoms with Gasteiger partial charge in [0.2, 0.25) is 11.9 Å². The van der Waals surface area contributed by atoms with E-state index in [4.69, 9.17) is 15.7 Å². The molecule has 1 aliphatic heterocycles. The maximum absolute atomic E-state index is 13.4. The monoisotopic (exact) mass is 409 g/mol. The highest BCUT2D eigenvalue weighted by atomic mass is 16.1. The third-order valence-corrected chi connectivity index (χ3v) is 5.91. The second-order valence-electron chi connectivity index (χ2n) is 7.95. The Balaban J connectivity index is 1.91. The van der Waals surface area contributed by atoms with Gasteiger partial charge >= 0.3 is 0 Å². The van der Waals surface area contributed by atoms with Gasteiger partial charge in [-0.2, -0.15) is 9.97 Å². The Bertz CT molecular complexity index is 1070. The van der Waals surface area contributed by atoms with E-state index in [-0.39, 0.29) is 11.6 Å². The lowest BCUT2D eigenvalue weighted by atomic mass is 10.1. The first kappa shape index (κ1) is 20.4. The summed E-state index contributed by atoms with van der Waals surface area (Å²) >= 11 is 0. The topological polar surface area (TPSA) is 85.2 Å². The number of aromatic nitrogens is 4. The molecule has 0 amide bonds. The first-order valence-electron chi connectivity index (χ1n) is 10.8. The normalized spacial score (nSPS) is 16.9. The van der Waals surface area contributed by atoms with Gasteiger partial charge in [-0.1, -0.05) is 30.3 Å². The SMILES string of the molecule is CCN(CC)c1nc2nc(N3CCCC(N)C3)n(Cc3ccccc3)c2c(=O)n1C. The summed E-state index contributed by atoms with van der Waals surface area (Å²) < 4.78 is 3.66. The predicted molar refractivity (Wildman–Crippen MR) is 121 cm³/mol. The van der Waals surface area contributed by atoms with Crippen LogP contribution in [0.3, 0.4) is 0 Å². The fraction of sp³-hybridized carbons (Fsp3) is 0.500. The maximum Gasteiger partial charge on any atom is 0.281 e. The van der Waals surface area contributed by atoms with E-state index < -0.39 is 0 Å². The van der Waals surface area contributed by atoms with Crippen LogP contribution < -0.4 is 21.1 Å². The maximum atomic E-state index is 13.4. The Kier molecular flexibility index (Phi) is 5.76. The van der Waals surface area contributed by atoms with Gasteiger partial charge in [0.15, 0.2) is 11.2 Å². The first-order valence-corrected chi connectivity index (χ1v) is 10.8. The van der Waals surface area contributed by atoms with Crippen LogP contribution in [0.1, 0.15) is 32.3 Å². The zero-order chi connectivity index (χ0) is 21.3. The molecule has 3 aromatic rings. The van der Waals surface area contributed by atoms with Crippen LogP contribution >= 0.6 is 0 Å². The molecule has 30 heavy (non-hydrogen) atoms. The summed E-state index contributed by atoms with van der Waals surface area (Å²) in [6, 6.07) is 10.3. The molecule has 1 atom stereocenters. The molecule has 2 aromatic heterocycles. The molecule has 0 bridgehead atoms. The molecule has 1 unspecified atom stereocenters. The van der Waals surface area contributed by atoms with Gasteiger partial charge in [-0.05, 0) is 32.3 Å². The van der Waals surface area contributed by atoms with Crippen molar-refractivity contribution >= 4 is 23.1 Å². The minimum absolute atomic E-state index is 0.0714. The summed E-state index contributed by atoms with van der Waals surface area (Å²) in [6.07, 6.45) is 2.04. The number of anilines is 2. The number of benzene rings is 1. The Morgan fingerprint density at radius 3 is 2.57 bits per heavy atom. The summed E-state index contributed by atoms with van der Waals surface area (Å²) in [5, 5.41) is 0. The summed E-state index contributed by atoms with van der Waals surface area (Å²) in [4.78, 5) is 27.4. The van der Waals surface area contributed by atoms with Gasteiger partial charge in [0.1, 0.15) is 0 Å². The Morgan fingerprint density at radius 2 is 1.90 bits per heavy atom. The number of piperidine rings is 1. The zero-order valence-corrected chi connectivity index (χ0v) is 18.1. The van der Waals surface area contributed by atoms with Crippen molar-refractivity contribution in [2.24, 2.45) is 12.8 Å². The van der Waals surface area contributed by atoms with Gasteiger partial charge in [-0.3, -0.25) is 13.9 Å². The standard InChI is InChI=1S/C22H31N7O/c1-4-27(5-2)21-24-19-18(20(30)26(21)3)29(14-16-10-7-6-8-11-16)22(25-19)28-13-9-12-17(23)15-28/h6-8,10-11,17H,4-5,9,12-15,23H2,1-3H3. The summed E-state index contributed by atoms with van der Waals surface area (Å²) in [6.45, 7) is 7.88. The van der Waals surface area contributed by atoms with E-state index in [1.54, 1.807) is 11.6 Å². The molecule has 1 saturated heterocycles. The Labute approximate surface area is 176 Å². The predicted octanol–water partition coefficient (Wildman–Crippen LogP) is 1.95. The first-order chi connectivity index (χ1) is 14.5. The van der Waals surface area contributed by atoms with Crippen molar-refractivity contribution < 1.29 is 0 Å². The number of nitrogens with zero attached hydrogens (tertiary/aromatic N) is 6. The van der Waals surface area contributed by atoms with Gasteiger partial charge in [0, 0.05) is 39.3 Å². The number of fused-ring (bicyclic) bond motifs is 1. The van der Waals surface area contributed by atoms with Crippen molar-refractivity contribution in [2.75, 3.05) is 36.0 Å². The van der Waals surface area contributed by atoms with Crippen molar-refractivity contribution in [3.05, 3.63) is 46.2 Å². The highest BCUT2D eigenvalue weighted by Gasteiger charge is 2.26. The highest BCUT2D eigenvalue weighted by molar-refractivity contribution is 5.76. The molecule has 8 heteroatoms. The minimum atomic E-state index is -0.0714. The van der Waals surface area contributed by atoms with E-state index in [1.165, 1.54) is 0 Å². The molecule has 2 N–H and O–H groups in total. The molecule has 1 fully saturated rings. The number of hydrogen-bond acceptors (Lipinski definition) is 6. The van der Waals surface area contributed by atoms with Gasteiger partial charge in [-0.15, -0.1) is 0 Å². The summed E-state index contributed by atoms with van der Waals surface area (Å²) in [7, 11) is 1.79. The number of rotatable bonds is 6. The van der Waals surface area contributed by atoms with E-state index in [2.05, 4.69) is 35.8 Å². The van der Waals surface area contributed by atoms with E-state index in [1.807, 2.05) is 22.8 Å². The van der Waals surface area contributed by atoms with Crippen LogP contribution in [0.5, 0.6) is 0 Å². The molecule has 0 saturated carbocycles. The molecule has 1 aromatic carbocycles.